The first kappa shape index (κ1) is 18.5. The van der Waals surface area contributed by atoms with Crippen LogP contribution in [0.4, 0.5) is 0 Å². The van der Waals surface area contributed by atoms with E-state index in [1.165, 1.54) is 10.9 Å². The fourth-order valence-corrected chi connectivity index (χ4v) is 3.98. The first-order valence-corrected chi connectivity index (χ1v) is 10.2. The summed E-state index contributed by atoms with van der Waals surface area (Å²) in [5.74, 6) is 0.0451. The molecular weight excluding hydrogens is 374 g/mol. The Morgan fingerprint density at radius 3 is 2.53 bits per heavy atom. The number of hydrogen-bond donors (Lipinski definition) is 0. The van der Waals surface area contributed by atoms with Crippen LogP contribution in [0.3, 0.4) is 0 Å². The zero-order valence-electron chi connectivity index (χ0n) is 16.7. The van der Waals surface area contributed by atoms with Crippen LogP contribution in [0.2, 0.25) is 0 Å². The van der Waals surface area contributed by atoms with Gasteiger partial charge in [0, 0.05) is 50.5 Å². The van der Waals surface area contributed by atoms with Gasteiger partial charge < -0.3 is 4.90 Å². The number of aromatic nitrogens is 3. The topological polar surface area (TPSA) is 54.3 Å². The van der Waals surface area contributed by atoms with Crippen LogP contribution in [0.5, 0.6) is 0 Å². The molecule has 0 unspecified atom stereocenters. The van der Waals surface area contributed by atoms with Gasteiger partial charge in [-0.15, -0.1) is 0 Å². The van der Waals surface area contributed by atoms with Gasteiger partial charge in [-0.1, -0.05) is 42.5 Å². The summed E-state index contributed by atoms with van der Waals surface area (Å²) in [5, 5.41) is 5.52. The quantitative estimate of drug-likeness (QED) is 0.530. The average molecular weight is 397 g/mol. The lowest BCUT2D eigenvalue weighted by Crippen LogP contribution is -2.48. The predicted molar refractivity (Wildman–Crippen MR) is 116 cm³/mol. The van der Waals surface area contributed by atoms with Crippen LogP contribution in [0.25, 0.3) is 16.6 Å². The van der Waals surface area contributed by atoms with Crippen molar-refractivity contribution in [3.8, 4) is 5.69 Å². The van der Waals surface area contributed by atoms with Gasteiger partial charge in [-0.3, -0.25) is 14.7 Å². The van der Waals surface area contributed by atoms with Gasteiger partial charge in [0.15, 0.2) is 0 Å². The molecule has 0 radical (unpaired) electrons. The Balaban J connectivity index is 1.23. The number of fused-ring (bicyclic) bond motifs is 1. The number of pyridine rings is 1. The van der Waals surface area contributed by atoms with Crippen LogP contribution < -0.4 is 0 Å². The molecule has 0 saturated carbocycles. The number of benzene rings is 2. The van der Waals surface area contributed by atoms with Crippen LogP contribution in [0.15, 0.2) is 79.3 Å². The molecule has 30 heavy (non-hydrogen) atoms. The monoisotopic (exact) mass is 397 g/mol. The Morgan fingerprint density at radius 2 is 1.70 bits per heavy atom. The molecule has 2 aromatic carbocycles. The lowest BCUT2D eigenvalue weighted by molar-refractivity contribution is 0.0629. The van der Waals surface area contributed by atoms with Gasteiger partial charge in [-0.2, -0.15) is 5.10 Å². The minimum atomic E-state index is 0.0451. The van der Waals surface area contributed by atoms with E-state index in [1.54, 1.807) is 10.9 Å². The summed E-state index contributed by atoms with van der Waals surface area (Å²) in [5.41, 5.74) is 3.87. The van der Waals surface area contributed by atoms with Gasteiger partial charge >= 0.3 is 0 Å². The molecular formula is C24H23N5O. The van der Waals surface area contributed by atoms with Crippen molar-refractivity contribution in [3.63, 3.8) is 0 Å². The van der Waals surface area contributed by atoms with Gasteiger partial charge in [0.25, 0.3) is 5.91 Å². The first-order valence-electron chi connectivity index (χ1n) is 10.2. The highest BCUT2D eigenvalue weighted by atomic mass is 16.2. The molecule has 1 saturated heterocycles. The number of para-hydroxylation sites is 2. The van der Waals surface area contributed by atoms with Crippen LogP contribution >= 0.6 is 0 Å². The number of carbonyl (C=O) groups excluding carboxylic acids is 1. The maximum absolute atomic E-state index is 12.9. The van der Waals surface area contributed by atoms with Gasteiger partial charge in [0.05, 0.1) is 23.0 Å². The minimum absolute atomic E-state index is 0.0451. The molecule has 0 atom stereocenters. The molecule has 0 N–H and O–H groups in total. The summed E-state index contributed by atoms with van der Waals surface area (Å²) in [6.07, 6.45) is 5.31. The third-order valence-corrected chi connectivity index (χ3v) is 5.62. The molecule has 1 amide bonds. The van der Waals surface area contributed by atoms with E-state index in [2.05, 4.69) is 39.2 Å². The Kier molecular flexibility index (Phi) is 4.99. The van der Waals surface area contributed by atoms with E-state index in [4.69, 9.17) is 0 Å². The molecule has 3 heterocycles. The summed E-state index contributed by atoms with van der Waals surface area (Å²) in [7, 11) is 0. The van der Waals surface area contributed by atoms with Gasteiger partial charge in [0.2, 0.25) is 0 Å². The van der Waals surface area contributed by atoms with E-state index in [1.807, 2.05) is 53.7 Å². The predicted octanol–water partition coefficient (Wildman–Crippen LogP) is 3.38. The molecule has 6 nitrogen and oxygen atoms in total. The van der Waals surface area contributed by atoms with Crippen molar-refractivity contribution in [3.05, 3.63) is 90.4 Å². The number of piperazine rings is 1. The lowest BCUT2D eigenvalue weighted by Gasteiger charge is -2.34. The second kappa shape index (κ2) is 8.08. The SMILES string of the molecule is O=C(c1cnn(-c2ccccc2)c1)N1CCN(Cc2cccc3cccnc23)CC1. The maximum Gasteiger partial charge on any atom is 0.257 e. The van der Waals surface area contributed by atoms with Crippen molar-refractivity contribution < 1.29 is 4.79 Å². The summed E-state index contributed by atoms with van der Waals surface area (Å²) in [6, 6.07) is 20.2. The third-order valence-electron chi connectivity index (χ3n) is 5.62. The van der Waals surface area contributed by atoms with E-state index in [-0.39, 0.29) is 5.91 Å². The van der Waals surface area contributed by atoms with E-state index in [0.29, 0.717) is 18.7 Å². The first-order chi connectivity index (χ1) is 14.8. The molecule has 1 aliphatic heterocycles. The zero-order valence-corrected chi connectivity index (χ0v) is 16.7. The largest absolute Gasteiger partial charge is 0.336 e. The number of nitrogens with zero attached hydrogens (tertiary/aromatic N) is 5. The van der Waals surface area contributed by atoms with E-state index in [0.717, 1.165) is 30.8 Å². The van der Waals surface area contributed by atoms with Crippen LogP contribution in [-0.4, -0.2) is 56.7 Å². The highest BCUT2D eigenvalue weighted by molar-refractivity contribution is 5.94. The molecule has 6 heteroatoms. The lowest BCUT2D eigenvalue weighted by atomic mass is 10.1. The second-order valence-electron chi connectivity index (χ2n) is 7.57. The Bertz CT molecular complexity index is 1160. The van der Waals surface area contributed by atoms with Crippen molar-refractivity contribution in [2.24, 2.45) is 0 Å². The molecule has 0 spiro atoms. The molecule has 2 aromatic heterocycles. The van der Waals surface area contributed by atoms with Gasteiger partial charge in [0.1, 0.15) is 0 Å². The van der Waals surface area contributed by atoms with Gasteiger partial charge in [-0.05, 0) is 23.8 Å². The third kappa shape index (κ3) is 3.69. The summed E-state index contributed by atoms with van der Waals surface area (Å²) < 4.78 is 1.75. The maximum atomic E-state index is 12.9. The van der Waals surface area contributed by atoms with Crippen LogP contribution in [-0.2, 0) is 6.54 Å². The average Bonchev–Trinajstić information content (AvgIpc) is 3.30. The fraction of sp³-hybridized carbons (Fsp3) is 0.208. The normalized spacial score (nSPS) is 14.9. The Hall–Kier alpha value is -3.51. The standard InChI is InChI=1S/C24H23N5O/c30-24(21-16-26-29(18-21)22-9-2-1-3-10-22)28-14-12-27(13-15-28)17-20-7-4-6-19-8-5-11-25-23(19)20/h1-11,16,18H,12-15,17H2. The van der Waals surface area contributed by atoms with Gasteiger partial charge in [-0.25, -0.2) is 4.68 Å². The second-order valence-corrected chi connectivity index (χ2v) is 7.57. The Morgan fingerprint density at radius 1 is 0.900 bits per heavy atom. The van der Waals surface area contributed by atoms with Crippen LogP contribution in [0.1, 0.15) is 15.9 Å². The highest BCUT2D eigenvalue weighted by Gasteiger charge is 2.23. The molecule has 1 fully saturated rings. The summed E-state index contributed by atoms with van der Waals surface area (Å²) >= 11 is 0. The number of rotatable bonds is 4. The molecule has 5 rings (SSSR count). The molecule has 4 aromatic rings. The van der Waals surface area contributed by atoms with Crippen LogP contribution in [0, 0.1) is 0 Å². The van der Waals surface area contributed by atoms with E-state index < -0.39 is 0 Å². The zero-order chi connectivity index (χ0) is 20.3. The smallest absolute Gasteiger partial charge is 0.257 e. The highest BCUT2D eigenvalue weighted by Crippen LogP contribution is 2.19. The van der Waals surface area contributed by atoms with E-state index >= 15 is 0 Å². The number of carbonyl (C=O) groups is 1. The number of amides is 1. The van der Waals surface area contributed by atoms with Crippen molar-refractivity contribution in [1.29, 1.82) is 0 Å². The Labute approximate surface area is 175 Å². The fourth-order valence-electron chi connectivity index (χ4n) is 3.98. The molecule has 150 valence electrons. The van der Waals surface area contributed by atoms with E-state index in [9.17, 15) is 4.79 Å². The number of hydrogen-bond acceptors (Lipinski definition) is 4. The van der Waals surface area contributed by atoms with Crippen molar-refractivity contribution in [2.45, 2.75) is 6.54 Å². The summed E-state index contributed by atoms with van der Waals surface area (Å²) in [6.45, 7) is 3.98. The van der Waals surface area contributed by atoms with Crippen molar-refractivity contribution in [2.75, 3.05) is 26.2 Å². The molecule has 0 bridgehead atoms. The molecule has 0 aliphatic carbocycles. The minimum Gasteiger partial charge on any atom is -0.336 e. The summed E-state index contributed by atoms with van der Waals surface area (Å²) in [4.78, 5) is 21.8. The molecule has 1 aliphatic rings. The van der Waals surface area contributed by atoms with Crippen molar-refractivity contribution in [1.82, 2.24) is 24.6 Å². The van der Waals surface area contributed by atoms with Crippen molar-refractivity contribution >= 4 is 16.8 Å².